The molecule has 0 spiro atoms. The minimum atomic E-state index is -1.20. The van der Waals surface area contributed by atoms with Gasteiger partial charge < -0.3 is 15.4 Å². The second-order valence-corrected chi connectivity index (χ2v) is 5.59. The molecule has 0 bridgehead atoms. The zero-order chi connectivity index (χ0) is 15.9. The number of rotatable bonds is 3. The van der Waals surface area contributed by atoms with E-state index in [-0.39, 0.29) is 5.89 Å². The Hall–Kier alpha value is -2.67. The monoisotopic (exact) mass is 299 g/mol. The van der Waals surface area contributed by atoms with Crippen LogP contribution in [0.2, 0.25) is 0 Å². The van der Waals surface area contributed by atoms with E-state index in [0.717, 1.165) is 11.3 Å². The summed E-state index contributed by atoms with van der Waals surface area (Å²) in [6.45, 7) is 5.00. The third-order valence-electron chi connectivity index (χ3n) is 3.33. The summed E-state index contributed by atoms with van der Waals surface area (Å²) < 4.78 is 6.72. The fourth-order valence-corrected chi connectivity index (χ4v) is 2.06. The van der Waals surface area contributed by atoms with E-state index < -0.39 is 5.60 Å². The molecule has 3 N–H and O–H groups in total. The van der Waals surface area contributed by atoms with Gasteiger partial charge in [0.25, 0.3) is 5.89 Å². The number of nitrogen functional groups attached to an aromatic ring is 1. The molecule has 0 saturated heterocycles. The third kappa shape index (κ3) is 2.35. The van der Waals surface area contributed by atoms with Crippen molar-refractivity contribution in [3.8, 4) is 17.2 Å². The molecule has 0 radical (unpaired) electrons. The molecular weight excluding hydrogens is 282 g/mol. The van der Waals surface area contributed by atoms with Crippen LogP contribution in [0.4, 0.5) is 5.82 Å². The zero-order valence-electron chi connectivity index (χ0n) is 12.6. The second kappa shape index (κ2) is 4.96. The SMILES string of the molecule is Cc1c(-c2noc(C(C)(C)O)n2)nn(-c2ccccc2)c1N. The van der Waals surface area contributed by atoms with Gasteiger partial charge in [0.15, 0.2) is 0 Å². The Morgan fingerprint density at radius 3 is 2.50 bits per heavy atom. The Kier molecular flexibility index (Phi) is 3.22. The number of aliphatic hydroxyl groups is 1. The lowest BCUT2D eigenvalue weighted by Crippen LogP contribution is -2.15. The quantitative estimate of drug-likeness (QED) is 0.767. The number of nitrogens with zero attached hydrogens (tertiary/aromatic N) is 4. The Balaban J connectivity index is 2.08. The van der Waals surface area contributed by atoms with Crippen molar-refractivity contribution in [2.24, 2.45) is 0 Å². The smallest absolute Gasteiger partial charge is 0.258 e. The predicted octanol–water partition coefficient (Wildman–Crippen LogP) is 2.04. The van der Waals surface area contributed by atoms with E-state index in [1.165, 1.54) is 0 Å². The average molecular weight is 299 g/mol. The second-order valence-electron chi connectivity index (χ2n) is 5.59. The fourth-order valence-electron chi connectivity index (χ4n) is 2.06. The fraction of sp³-hybridized carbons (Fsp3) is 0.267. The molecule has 7 heteroatoms. The van der Waals surface area contributed by atoms with Crippen LogP contribution in [0.15, 0.2) is 34.9 Å². The van der Waals surface area contributed by atoms with Gasteiger partial charge in [0.05, 0.1) is 5.69 Å². The molecule has 0 unspecified atom stereocenters. The van der Waals surface area contributed by atoms with Gasteiger partial charge in [0.2, 0.25) is 5.82 Å². The highest BCUT2D eigenvalue weighted by Gasteiger charge is 2.26. The molecule has 0 atom stereocenters. The number of hydrogen-bond acceptors (Lipinski definition) is 6. The summed E-state index contributed by atoms with van der Waals surface area (Å²) >= 11 is 0. The third-order valence-corrected chi connectivity index (χ3v) is 3.33. The lowest BCUT2D eigenvalue weighted by atomic mass is 10.1. The van der Waals surface area contributed by atoms with Gasteiger partial charge in [-0.2, -0.15) is 10.1 Å². The van der Waals surface area contributed by atoms with Crippen molar-refractivity contribution in [3.05, 3.63) is 41.8 Å². The van der Waals surface area contributed by atoms with Crippen molar-refractivity contribution in [1.29, 1.82) is 0 Å². The summed E-state index contributed by atoms with van der Waals surface area (Å²) in [5.41, 5.74) is 7.06. The van der Waals surface area contributed by atoms with Gasteiger partial charge >= 0.3 is 0 Å². The molecule has 3 rings (SSSR count). The molecule has 22 heavy (non-hydrogen) atoms. The van der Waals surface area contributed by atoms with Crippen LogP contribution in [0.25, 0.3) is 17.2 Å². The minimum absolute atomic E-state index is 0.134. The average Bonchev–Trinajstić information content (AvgIpc) is 3.07. The van der Waals surface area contributed by atoms with Crippen LogP contribution in [0.1, 0.15) is 25.3 Å². The number of anilines is 1. The molecule has 1 aromatic carbocycles. The molecule has 0 saturated carbocycles. The van der Waals surface area contributed by atoms with Crippen LogP contribution in [0.3, 0.4) is 0 Å². The molecule has 0 fully saturated rings. The van der Waals surface area contributed by atoms with Crippen LogP contribution >= 0.6 is 0 Å². The van der Waals surface area contributed by atoms with E-state index in [0.29, 0.717) is 17.3 Å². The molecule has 7 nitrogen and oxygen atoms in total. The van der Waals surface area contributed by atoms with Crippen LogP contribution in [-0.4, -0.2) is 25.0 Å². The van der Waals surface area contributed by atoms with Crippen LogP contribution in [-0.2, 0) is 5.60 Å². The molecule has 2 heterocycles. The minimum Gasteiger partial charge on any atom is -0.383 e. The number of hydrogen-bond donors (Lipinski definition) is 2. The van der Waals surface area contributed by atoms with E-state index in [1.807, 2.05) is 37.3 Å². The van der Waals surface area contributed by atoms with Gasteiger partial charge in [-0.25, -0.2) is 4.68 Å². The Labute approximate surface area is 127 Å². The van der Waals surface area contributed by atoms with Crippen molar-refractivity contribution in [1.82, 2.24) is 19.9 Å². The first-order valence-electron chi connectivity index (χ1n) is 6.85. The summed E-state index contributed by atoms with van der Waals surface area (Å²) in [4.78, 5) is 4.20. The summed E-state index contributed by atoms with van der Waals surface area (Å²) in [5.74, 6) is 0.946. The number of para-hydroxylation sites is 1. The maximum atomic E-state index is 9.91. The van der Waals surface area contributed by atoms with Crippen LogP contribution in [0, 0.1) is 6.92 Å². The molecule has 0 amide bonds. The zero-order valence-corrected chi connectivity index (χ0v) is 12.6. The van der Waals surface area contributed by atoms with Crippen LogP contribution in [0.5, 0.6) is 0 Å². The van der Waals surface area contributed by atoms with E-state index in [2.05, 4.69) is 15.2 Å². The van der Waals surface area contributed by atoms with Crippen LogP contribution < -0.4 is 5.73 Å². The van der Waals surface area contributed by atoms with Crippen molar-refractivity contribution < 1.29 is 9.63 Å². The Bertz CT molecular complexity index is 799. The number of nitrogens with two attached hydrogens (primary N) is 1. The largest absolute Gasteiger partial charge is 0.383 e. The van der Waals surface area contributed by atoms with Crippen molar-refractivity contribution >= 4 is 5.82 Å². The maximum Gasteiger partial charge on any atom is 0.258 e. The van der Waals surface area contributed by atoms with Crippen molar-refractivity contribution in [2.45, 2.75) is 26.4 Å². The summed E-state index contributed by atoms with van der Waals surface area (Å²) in [7, 11) is 0. The first-order chi connectivity index (χ1) is 10.4. The molecular formula is C15H17N5O2. The summed E-state index contributed by atoms with van der Waals surface area (Å²) in [6, 6.07) is 9.56. The predicted molar refractivity (Wildman–Crippen MR) is 81.3 cm³/mol. The van der Waals surface area contributed by atoms with E-state index >= 15 is 0 Å². The standard InChI is InChI=1S/C15H17N5O2/c1-9-11(13-17-14(22-19-13)15(2,3)21)18-20(12(9)16)10-7-5-4-6-8-10/h4-8,21H,16H2,1-3H3. The van der Waals surface area contributed by atoms with Gasteiger partial charge in [-0.1, -0.05) is 23.4 Å². The van der Waals surface area contributed by atoms with Crippen molar-refractivity contribution in [2.75, 3.05) is 5.73 Å². The molecule has 0 aliphatic heterocycles. The van der Waals surface area contributed by atoms with E-state index in [9.17, 15) is 5.11 Å². The first-order valence-corrected chi connectivity index (χ1v) is 6.85. The Morgan fingerprint density at radius 2 is 1.91 bits per heavy atom. The molecule has 0 aliphatic carbocycles. The topological polar surface area (TPSA) is 103 Å². The van der Waals surface area contributed by atoms with Gasteiger partial charge in [-0.3, -0.25) is 0 Å². The molecule has 2 aromatic heterocycles. The first kappa shape index (κ1) is 14.3. The highest BCUT2D eigenvalue weighted by Crippen LogP contribution is 2.28. The molecule has 114 valence electrons. The Morgan fingerprint density at radius 1 is 1.23 bits per heavy atom. The van der Waals surface area contributed by atoms with Crippen molar-refractivity contribution in [3.63, 3.8) is 0 Å². The number of benzene rings is 1. The van der Waals surface area contributed by atoms with Gasteiger partial charge in [0, 0.05) is 5.56 Å². The number of aromatic nitrogens is 4. The van der Waals surface area contributed by atoms with Gasteiger partial charge in [-0.05, 0) is 32.9 Å². The lowest BCUT2D eigenvalue weighted by Gasteiger charge is -2.09. The highest BCUT2D eigenvalue weighted by atomic mass is 16.5. The summed E-state index contributed by atoms with van der Waals surface area (Å²) in [6.07, 6.45) is 0. The maximum absolute atomic E-state index is 9.91. The van der Waals surface area contributed by atoms with Gasteiger partial charge in [0.1, 0.15) is 17.1 Å². The molecule has 0 aliphatic rings. The lowest BCUT2D eigenvalue weighted by molar-refractivity contribution is 0.0420. The van der Waals surface area contributed by atoms with Gasteiger partial charge in [-0.15, -0.1) is 0 Å². The van der Waals surface area contributed by atoms with E-state index in [4.69, 9.17) is 10.3 Å². The summed E-state index contributed by atoms with van der Waals surface area (Å²) in [5, 5.41) is 18.3. The molecule has 3 aromatic rings. The van der Waals surface area contributed by atoms with E-state index in [1.54, 1.807) is 18.5 Å². The highest BCUT2D eigenvalue weighted by molar-refractivity contribution is 5.63. The normalized spacial score (nSPS) is 11.8.